The number of H-pyrrole nitrogens is 1. The molecule has 1 aromatic carbocycles. The number of pyridine rings is 2. The lowest BCUT2D eigenvalue weighted by atomic mass is 10.1. The summed E-state index contributed by atoms with van der Waals surface area (Å²) in [5.74, 6) is 0.523. The van der Waals surface area contributed by atoms with Crippen LogP contribution in [0.25, 0.3) is 22.2 Å². The number of ether oxygens (including phenoxy) is 1. The van der Waals surface area contributed by atoms with Gasteiger partial charge < -0.3 is 19.9 Å². The maximum atomic E-state index is 12.7. The topological polar surface area (TPSA) is 88.1 Å². The largest absolute Gasteiger partial charge is 0.378 e. The van der Waals surface area contributed by atoms with Gasteiger partial charge in [0.1, 0.15) is 5.82 Å². The molecule has 4 aromatic rings. The van der Waals surface area contributed by atoms with Gasteiger partial charge in [0.25, 0.3) is 5.56 Å². The number of nitrogens with one attached hydrogen (secondary N) is 2. The molecule has 1 fully saturated rings. The summed E-state index contributed by atoms with van der Waals surface area (Å²) in [6, 6.07) is 14.2. The third-order valence-corrected chi connectivity index (χ3v) is 5.68. The van der Waals surface area contributed by atoms with Gasteiger partial charge in [-0.25, -0.2) is 4.98 Å². The Labute approximate surface area is 185 Å². The van der Waals surface area contributed by atoms with Crippen molar-refractivity contribution >= 4 is 28.0 Å². The molecule has 0 radical (unpaired) electrons. The zero-order chi connectivity index (χ0) is 22.1. The van der Waals surface area contributed by atoms with E-state index >= 15 is 0 Å². The molecule has 0 aliphatic carbocycles. The number of fused-ring (bicyclic) bond motifs is 1. The molecule has 0 bridgehead atoms. The number of aromatic nitrogens is 4. The lowest BCUT2D eigenvalue weighted by Crippen LogP contribution is -2.36. The monoisotopic (exact) mass is 430 g/mol. The van der Waals surface area contributed by atoms with Crippen molar-refractivity contribution in [1.29, 1.82) is 0 Å². The second-order valence-electron chi connectivity index (χ2n) is 8.15. The Kier molecular flexibility index (Phi) is 5.36. The van der Waals surface area contributed by atoms with Crippen LogP contribution >= 0.6 is 0 Å². The van der Waals surface area contributed by atoms with Gasteiger partial charge in [-0.1, -0.05) is 0 Å². The van der Waals surface area contributed by atoms with Crippen molar-refractivity contribution in [3.05, 3.63) is 65.2 Å². The van der Waals surface area contributed by atoms with Crippen molar-refractivity contribution in [1.82, 2.24) is 19.7 Å². The van der Waals surface area contributed by atoms with Gasteiger partial charge in [0.2, 0.25) is 0 Å². The van der Waals surface area contributed by atoms with E-state index in [9.17, 15) is 4.79 Å². The number of hydrogen-bond donors (Lipinski definition) is 2. The van der Waals surface area contributed by atoms with E-state index in [4.69, 9.17) is 9.72 Å². The molecular weight excluding hydrogens is 404 g/mol. The van der Waals surface area contributed by atoms with Gasteiger partial charge in [-0.2, -0.15) is 5.10 Å². The van der Waals surface area contributed by atoms with E-state index in [-0.39, 0.29) is 11.6 Å². The Balaban J connectivity index is 1.54. The first-order chi connectivity index (χ1) is 15.6. The first-order valence-corrected chi connectivity index (χ1v) is 10.9. The zero-order valence-corrected chi connectivity index (χ0v) is 18.2. The molecule has 8 nitrogen and oxygen atoms in total. The number of morpholine rings is 1. The molecule has 4 heterocycles. The molecule has 3 aromatic heterocycles. The van der Waals surface area contributed by atoms with Crippen LogP contribution in [0.4, 0.5) is 17.2 Å². The standard InChI is InChI=1S/C24H26N6O2/c1-16(2)30-21(8-10-26-30)20-15-17-7-9-25-24(31)22(17)23(28-20)27-18-3-5-19(6-4-18)29-11-13-32-14-12-29/h3-10,15-16H,11-14H2,1-2H3,(H,25,31)(H,27,28). The average molecular weight is 431 g/mol. The maximum Gasteiger partial charge on any atom is 0.259 e. The molecule has 0 unspecified atom stereocenters. The quantitative estimate of drug-likeness (QED) is 0.499. The van der Waals surface area contributed by atoms with Crippen molar-refractivity contribution in [3.8, 4) is 11.4 Å². The Morgan fingerprint density at radius 2 is 1.88 bits per heavy atom. The second-order valence-corrected chi connectivity index (χ2v) is 8.15. The SMILES string of the molecule is CC(C)n1nccc1-c1cc2cc[nH]c(=O)c2c(Nc2ccc(N3CCOCC3)cc2)n1. The molecule has 1 saturated heterocycles. The van der Waals surface area contributed by atoms with Crippen LogP contribution in [-0.4, -0.2) is 46.1 Å². The summed E-state index contributed by atoms with van der Waals surface area (Å²) in [4.78, 5) is 22.6. The summed E-state index contributed by atoms with van der Waals surface area (Å²) in [6.45, 7) is 7.44. The highest BCUT2D eigenvalue weighted by atomic mass is 16.5. The third-order valence-electron chi connectivity index (χ3n) is 5.68. The van der Waals surface area contributed by atoms with E-state index in [0.717, 1.165) is 54.5 Å². The molecule has 0 saturated carbocycles. The van der Waals surface area contributed by atoms with E-state index in [2.05, 4.69) is 46.3 Å². The van der Waals surface area contributed by atoms with Gasteiger partial charge in [0.15, 0.2) is 0 Å². The molecular formula is C24H26N6O2. The first kappa shape index (κ1) is 20.3. The minimum atomic E-state index is -0.175. The number of rotatable bonds is 5. The predicted octanol–water partition coefficient (Wildman–Crippen LogP) is 3.95. The van der Waals surface area contributed by atoms with Crippen molar-refractivity contribution in [2.75, 3.05) is 36.5 Å². The molecule has 32 heavy (non-hydrogen) atoms. The molecule has 5 rings (SSSR count). The Morgan fingerprint density at radius 1 is 1.09 bits per heavy atom. The summed E-state index contributed by atoms with van der Waals surface area (Å²) in [7, 11) is 0. The Bertz CT molecular complexity index is 1290. The summed E-state index contributed by atoms with van der Waals surface area (Å²) in [6.07, 6.45) is 3.44. The van der Waals surface area contributed by atoms with Crippen molar-refractivity contribution < 1.29 is 4.74 Å². The molecule has 1 aliphatic rings. The van der Waals surface area contributed by atoms with Crippen LogP contribution in [-0.2, 0) is 4.74 Å². The first-order valence-electron chi connectivity index (χ1n) is 10.9. The van der Waals surface area contributed by atoms with E-state index in [1.807, 2.05) is 35.0 Å². The maximum absolute atomic E-state index is 12.7. The van der Waals surface area contributed by atoms with Crippen LogP contribution in [0.1, 0.15) is 19.9 Å². The minimum absolute atomic E-state index is 0.175. The van der Waals surface area contributed by atoms with Gasteiger partial charge in [-0.05, 0) is 61.7 Å². The summed E-state index contributed by atoms with van der Waals surface area (Å²) in [5.41, 5.74) is 3.53. The van der Waals surface area contributed by atoms with Crippen LogP contribution in [0, 0.1) is 0 Å². The summed E-state index contributed by atoms with van der Waals surface area (Å²) >= 11 is 0. The van der Waals surface area contributed by atoms with Gasteiger partial charge in [-0.15, -0.1) is 0 Å². The van der Waals surface area contributed by atoms with Crippen LogP contribution in [0.5, 0.6) is 0 Å². The molecule has 0 atom stereocenters. The Morgan fingerprint density at radius 3 is 2.62 bits per heavy atom. The van der Waals surface area contributed by atoms with Crippen LogP contribution in [0.2, 0.25) is 0 Å². The average Bonchev–Trinajstić information content (AvgIpc) is 3.31. The molecule has 1 aliphatic heterocycles. The van der Waals surface area contributed by atoms with Gasteiger partial charge in [0.05, 0.1) is 30.0 Å². The van der Waals surface area contributed by atoms with Gasteiger partial charge in [0, 0.05) is 42.9 Å². The van der Waals surface area contributed by atoms with Gasteiger partial charge >= 0.3 is 0 Å². The fourth-order valence-electron chi connectivity index (χ4n) is 4.08. The fourth-order valence-corrected chi connectivity index (χ4v) is 4.08. The lowest BCUT2D eigenvalue weighted by molar-refractivity contribution is 0.122. The highest BCUT2D eigenvalue weighted by molar-refractivity contribution is 5.95. The van der Waals surface area contributed by atoms with E-state index < -0.39 is 0 Å². The number of anilines is 3. The van der Waals surface area contributed by atoms with Crippen LogP contribution < -0.4 is 15.8 Å². The minimum Gasteiger partial charge on any atom is -0.378 e. The molecule has 0 amide bonds. The van der Waals surface area contributed by atoms with Crippen molar-refractivity contribution in [3.63, 3.8) is 0 Å². The number of nitrogens with zero attached hydrogens (tertiary/aromatic N) is 4. The number of hydrogen-bond acceptors (Lipinski definition) is 6. The fraction of sp³-hybridized carbons (Fsp3) is 0.292. The molecule has 8 heteroatoms. The number of aromatic amines is 1. The summed E-state index contributed by atoms with van der Waals surface area (Å²) < 4.78 is 7.37. The predicted molar refractivity (Wildman–Crippen MR) is 127 cm³/mol. The molecule has 2 N–H and O–H groups in total. The van der Waals surface area contributed by atoms with Crippen molar-refractivity contribution in [2.45, 2.75) is 19.9 Å². The van der Waals surface area contributed by atoms with E-state index in [1.54, 1.807) is 12.4 Å². The smallest absolute Gasteiger partial charge is 0.259 e. The lowest BCUT2D eigenvalue weighted by Gasteiger charge is -2.28. The Hall–Kier alpha value is -3.65. The van der Waals surface area contributed by atoms with Crippen molar-refractivity contribution in [2.24, 2.45) is 0 Å². The van der Waals surface area contributed by atoms with E-state index in [1.165, 1.54) is 0 Å². The highest BCUT2D eigenvalue weighted by Crippen LogP contribution is 2.29. The molecule has 0 spiro atoms. The van der Waals surface area contributed by atoms with Gasteiger partial charge in [-0.3, -0.25) is 9.48 Å². The molecule has 164 valence electrons. The summed E-state index contributed by atoms with van der Waals surface area (Å²) in [5, 5.41) is 9.15. The van der Waals surface area contributed by atoms with Crippen LogP contribution in [0.3, 0.4) is 0 Å². The van der Waals surface area contributed by atoms with E-state index in [0.29, 0.717) is 11.2 Å². The zero-order valence-electron chi connectivity index (χ0n) is 18.2. The van der Waals surface area contributed by atoms with Crippen LogP contribution in [0.15, 0.2) is 59.7 Å². The third kappa shape index (κ3) is 3.85. The second kappa shape index (κ2) is 8.47. The normalized spacial score (nSPS) is 14.3. The number of benzene rings is 1. The highest BCUT2D eigenvalue weighted by Gasteiger charge is 2.16.